The Bertz CT molecular complexity index is 1840. The lowest BCUT2D eigenvalue weighted by Gasteiger charge is -2.29. The minimum Gasteiger partial charge on any atom is -0.326 e. The smallest absolute Gasteiger partial charge is 0.290 e. The predicted octanol–water partition coefficient (Wildman–Crippen LogP) is 7.62. The number of aromatic nitrogens is 3. The number of nitrogens with one attached hydrogen (secondary N) is 1. The number of carbonyl (C=O) groups excluding carboxylic acids is 2. The molecule has 1 atom stereocenters. The molecule has 2 aliphatic rings. The maximum atomic E-state index is 14.9. The number of ketones is 1. The summed E-state index contributed by atoms with van der Waals surface area (Å²) >= 11 is 0. The molecular formula is C32H24F8N4O2. The van der Waals surface area contributed by atoms with Gasteiger partial charge in [-0.2, -0.15) is 13.9 Å². The maximum absolute atomic E-state index is 14.9. The Morgan fingerprint density at radius 1 is 0.957 bits per heavy atom. The maximum Gasteiger partial charge on any atom is 0.290 e. The highest BCUT2D eigenvalue weighted by molar-refractivity contribution is 5.99. The van der Waals surface area contributed by atoms with Gasteiger partial charge in [-0.1, -0.05) is 12.1 Å². The fraction of sp³-hybridized carbons (Fsp3) is 0.312. The molecule has 3 heterocycles. The van der Waals surface area contributed by atoms with Crippen LogP contribution in [-0.2, 0) is 40.8 Å². The summed E-state index contributed by atoms with van der Waals surface area (Å²) in [7, 11) is 0. The van der Waals surface area contributed by atoms with Crippen molar-refractivity contribution >= 4 is 17.4 Å². The lowest BCUT2D eigenvalue weighted by molar-refractivity contribution is -0.121. The Morgan fingerprint density at radius 3 is 2.39 bits per heavy atom. The summed E-state index contributed by atoms with van der Waals surface area (Å²) in [6.07, 6.45) is -5.42. The normalized spacial score (nSPS) is 17.0. The molecule has 14 heteroatoms. The first-order valence-electron chi connectivity index (χ1n) is 14.2. The summed E-state index contributed by atoms with van der Waals surface area (Å²) in [6, 6.07) is 11.2. The molecule has 1 aliphatic heterocycles. The van der Waals surface area contributed by atoms with E-state index in [1.54, 1.807) is 30.3 Å². The van der Waals surface area contributed by atoms with Gasteiger partial charge in [0.15, 0.2) is 5.78 Å². The first-order chi connectivity index (χ1) is 21.7. The number of hydrogen-bond donors (Lipinski definition) is 1. The predicted molar refractivity (Wildman–Crippen MR) is 149 cm³/mol. The number of pyridine rings is 1. The van der Waals surface area contributed by atoms with E-state index in [1.165, 1.54) is 6.20 Å². The summed E-state index contributed by atoms with van der Waals surface area (Å²) < 4.78 is 115. The number of halogens is 8. The monoisotopic (exact) mass is 648 g/mol. The summed E-state index contributed by atoms with van der Waals surface area (Å²) in [4.78, 5) is 29.8. The molecule has 240 valence electrons. The van der Waals surface area contributed by atoms with Crippen LogP contribution in [0.5, 0.6) is 0 Å². The molecule has 1 N–H and O–H groups in total. The number of benzene rings is 2. The number of alkyl halides is 6. The second-order valence-electron chi connectivity index (χ2n) is 11.4. The topological polar surface area (TPSA) is 76.9 Å². The van der Waals surface area contributed by atoms with Gasteiger partial charge in [0.25, 0.3) is 18.3 Å². The van der Waals surface area contributed by atoms with Crippen LogP contribution in [-0.4, -0.2) is 26.5 Å². The highest BCUT2D eigenvalue weighted by atomic mass is 19.3. The zero-order chi connectivity index (χ0) is 33.0. The fourth-order valence-electron chi connectivity index (χ4n) is 6.21. The average Bonchev–Trinajstić information content (AvgIpc) is 3.55. The molecule has 0 fully saturated rings. The third-order valence-electron chi connectivity index (χ3n) is 8.12. The number of anilines is 1. The molecule has 6 nitrogen and oxygen atoms in total. The van der Waals surface area contributed by atoms with Gasteiger partial charge in [0.2, 0.25) is 5.91 Å². The van der Waals surface area contributed by atoms with Crippen molar-refractivity contribution in [3.8, 4) is 11.1 Å². The minimum absolute atomic E-state index is 0.127. The van der Waals surface area contributed by atoms with E-state index < -0.39 is 84.4 Å². The molecular weight excluding hydrogens is 624 g/mol. The summed E-state index contributed by atoms with van der Waals surface area (Å²) in [5.74, 6) is -11.7. The lowest BCUT2D eigenvalue weighted by atomic mass is 9.86. The Kier molecular flexibility index (Phi) is 7.93. The van der Waals surface area contributed by atoms with Gasteiger partial charge in [-0.3, -0.25) is 19.3 Å². The van der Waals surface area contributed by atoms with Crippen molar-refractivity contribution in [1.29, 1.82) is 0 Å². The van der Waals surface area contributed by atoms with E-state index >= 15 is 0 Å². The van der Waals surface area contributed by atoms with Crippen molar-refractivity contribution in [3.63, 3.8) is 0 Å². The first-order valence-corrected chi connectivity index (χ1v) is 14.2. The molecule has 0 radical (unpaired) electrons. The van der Waals surface area contributed by atoms with Gasteiger partial charge < -0.3 is 5.32 Å². The number of Topliss-reactive ketones (excluding diaryl/α,β-unsaturated/α-hetero) is 1. The van der Waals surface area contributed by atoms with Crippen LogP contribution in [0, 0.1) is 11.6 Å². The van der Waals surface area contributed by atoms with Crippen molar-refractivity contribution in [2.24, 2.45) is 0 Å². The number of rotatable bonds is 9. The zero-order valence-corrected chi connectivity index (χ0v) is 23.8. The van der Waals surface area contributed by atoms with Gasteiger partial charge in [-0.05, 0) is 53.4 Å². The second-order valence-corrected chi connectivity index (χ2v) is 11.4. The average molecular weight is 649 g/mol. The van der Waals surface area contributed by atoms with E-state index in [4.69, 9.17) is 0 Å². The van der Waals surface area contributed by atoms with Gasteiger partial charge in [0, 0.05) is 48.7 Å². The quantitative estimate of drug-likeness (QED) is 0.190. The highest BCUT2D eigenvalue weighted by Crippen LogP contribution is 2.52. The molecule has 1 aliphatic carbocycles. The Balaban J connectivity index is 1.38. The summed E-state index contributed by atoms with van der Waals surface area (Å²) in [5.41, 5.74) is -1.68. The SMILES string of the molecule is O=C(C[C@@H](Cc1cc(F)cc(F)c1)c1ncccc1-c1ccc2c(c1)CC(=O)N2)Cn1nc(C(F)F)c2c1C(F)(F)CCC2(F)F. The molecule has 6 rings (SSSR count). The summed E-state index contributed by atoms with van der Waals surface area (Å²) in [5, 5.41) is 6.07. The molecule has 0 bridgehead atoms. The number of fused-ring (bicyclic) bond motifs is 2. The number of carbonyl (C=O) groups is 2. The Morgan fingerprint density at radius 2 is 1.67 bits per heavy atom. The molecule has 0 unspecified atom stereocenters. The Hall–Kier alpha value is -4.62. The van der Waals surface area contributed by atoms with Crippen molar-refractivity contribution in [3.05, 3.63) is 100 Å². The third-order valence-corrected chi connectivity index (χ3v) is 8.12. The van der Waals surface area contributed by atoms with E-state index in [9.17, 15) is 44.7 Å². The fourth-order valence-corrected chi connectivity index (χ4v) is 6.21. The molecule has 2 aromatic carbocycles. The molecule has 0 saturated heterocycles. The van der Waals surface area contributed by atoms with Crippen LogP contribution in [0.1, 0.15) is 65.4 Å². The number of nitrogens with zero attached hydrogens (tertiary/aromatic N) is 3. The van der Waals surface area contributed by atoms with E-state index in [2.05, 4.69) is 15.4 Å². The van der Waals surface area contributed by atoms with Crippen LogP contribution in [0.15, 0.2) is 54.7 Å². The molecule has 2 aromatic heterocycles. The van der Waals surface area contributed by atoms with Crippen LogP contribution in [0.4, 0.5) is 40.8 Å². The largest absolute Gasteiger partial charge is 0.326 e. The summed E-state index contributed by atoms with van der Waals surface area (Å²) in [6.45, 7) is -1.04. The van der Waals surface area contributed by atoms with Gasteiger partial charge in [0.1, 0.15) is 29.6 Å². The van der Waals surface area contributed by atoms with Crippen LogP contribution >= 0.6 is 0 Å². The van der Waals surface area contributed by atoms with Crippen molar-refractivity contribution in [1.82, 2.24) is 14.8 Å². The molecule has 1 amide bonds. The third kappa shape index (κ3) is 5.99. The molecule has 46 heavy (non-hydrogen) atoms. The first kappa shape index (κ1) is 31.4. The molecule has 0 saturated carbocycles. The van der Waals surface area contributed by atoms with Crippen molar-refractivity contribution < 1.29 is 44.7 Å². The van der Waals surface area contributed by atoms with Crippen LogP contribution in [0.3, 0.4) is 0 Å². The standard InChI is InChI=1S/C32H24F8N4O2/c33-20-9-16(10-21(34)14-20)8-19(27-23(2-1-7-41-27)17-3-4-24-18(11-17)13-25(46)42-24)12-22(45)15-44-29-26(28(43-44)30(35)36)31(37,38)5-6-32(29,39)40/h1-4,7,9-11,14,19,30H,5-6,8,12-13,15H2,(H,42,46)/t19-/m1/s1. The van der Waals surface area contributed by atoms with Gasteiger partial charge in [-0.25, -0.2) is 26.3 Å². The van der Waals surface area contributed by atoms with Gasteiger partial charge in [-0.15, -0.1) is 0 Å². The number of amides is 1. The van der Waals surface area contributed by atoms with E-state index in [0.29, 0.717) is 28.4 Å². The second kappa shape index (κ2) is 11.6. The Labute approximate surface area is 256 Å². The van der Waals surface area contributed by atoms with Crippen molar-refractivity contribution in [2.75, 3.05) is 5.32 Å². The van der Waals surface area contributed by atoms with E-state index in [1.807, 2.05) is 0 Å². The van der Waals surface area contributed by atoms with Crippen LogP contribution in [0.2, 0.25) is 0 Å². The molecule has 0 spiro atoms. The molecule has 4 aromatic rings. The van der Waals surface area contributed by atoms with Crippen molar-refractivity contribution in [2.45, 2.75) is 62.8 Å². The van der Waals surface area contributed by atoms with Gasteiger partial charge in [0.05, 0.1) is 17.7 Å². The lowest BCUT2D eigenvalue weighted by Crippen LogP contribution is -2.33. The van der Waals surface area contributed by atoms with Crippen LogP contribution < -0.4 is 5.32 Å². The van der Waals surface area contributed by atoms with Crippen LogP contribution in [0.25, 0.3) is 11.1 Å². The van der Waals surface area contributed by atoms with E-state index in [-0.39, 0.29) is 34.7 Å². The minimum atomic E-state index is -4.01. The van der Waals surface area contributed by atoms with Gasteiger partial charge >= 0.3 is 0 Å². The number of hydrogen-bond acceptors (Lipinski definition) is 4. The zero-order valence-electron chi connectivity index (χ0n) is 23.8. The highest BCUT2D eigenvalue weighted by Gasteiger charge is 2.55. The van der Waals surface area contributed by atoms with E-state index in [0.717, 1.165) is 12.1 Å².